The Bertz CT molecular complexity index is 1210. The second-order valence-electron chi connectivity index (χ2n) is 9.79. The van der Waals surface area contributed by atoms with Crippen molar-refractivity contribution >= 4 is 11.8 Å². The summed E-state index contributed by atoms with van der Waals surface area (Å²) in [5.74, 6) is 0.948. The smallest absolute Gasteiger partial charge is 0.263 e. The highest BCUT2D eigenvalue weighted by molar-refractivity contribution is 5.80. The molecule has 2 heterocycles. The van der Waals surface area contributed by atoms with Crippen LogP contribution in [0.5, 0.6) is 5.75 Å². The van der Waals surface area contributed by atoms with Gasteiger partial charge < -0.3 is 19.0 Å². The third-order valence-electron chi connectivity index (χ3n) is 6.42. The van der Waals surface area contributed by atoms with E-state index in [2.05, 4.69) is 0 Å². The number of fused-ring (bicyclic) bond motifs is 1. The van der Waals surface area contributed by atoms with Crippen molar-refractivity contribution in [3.05, 3.63) is 89.1 Å². The Morgan fingerprint density at radius 2 is 1.94 bits per heavy atom. The summed E-state index contributed by atoms with van der Waals surface area (Å²) in [7, 11) is 1.70. The van der Waals surface area contributed by atoms with Crippen molar-refractivity contribution < 1.29 is 23.1 Å². The predicted molar refractivity (Wildman–Crippen MR) is 135 cm³/mol. The fraction of sp³-hybridized carbons (Fsp3) is 0.379. The number of carbonyl (C=O) groups is 2. The molecule has 0 radical (unpaired) electrons. The van der Waals surface area contributed by atoms with E-state index in [1.807, 2.05) is 49.1 Å². The monoisotopic (exact) mass is 492 g/mol. The molecule has 36 heavy (non-hydrogen) atoms. The molecule has 3 aromatic rings. The van der Waals surface area contributed by atoms with Crippen LogP contribution in [0.25, 0.3) is 0 Å². The summed E-state index contributed by atoms with van der Waals surface area (Å²) in [6.07, 6.45) is 1.97. The molecule has 7 heteroatoms. The minimum atomic E-state index is -0.724. The van der Waals surface area contributed by atoms with Crippen LogP contribution in [0, 0.1) is 11.7 Å². The zero-order chi connectivity index (χ0) is 25.8. The molecule has 0 fully saturated rings. The van der Waals surface area contributed by atoms with Crippen molar-refractivity contribution in [1.29, 1.82) is 0 Å². The maximum Gasteiger partial charge on any atom is 0.263 e. The van der Waals surface area contributed by atoms with Gasteiger partial charge in [0.15, 0.2) is 6.10 Å². The van der Waals surface area contributed by atoms with Gasteiger partial charge in [0.25, 0.3) is 5.91 Å². The molecule has 0 saturated heterocycles. The molecular weight excluding hydrogens is 459 g/mol. The Morgan fingerprint density at radius 3 is 2.64 bits per heavy atom. The number of likely N-dealkylation sites (N-methyl/N-ethyl adjacent to an activating group) is 1. The second kappa shape index (κ2) is 11.0. The van der Waals surface area contributed by atoms with E-state index < -0.39 is 12.1 Å². The number of halogens is 1. The molecule has 1 aliphatic heterocycles. The quantitative estimate of drug-likeness (QED) is 0.424. The summed E-state index contributed by atoms with van der Waals surface area (Å²) in [4.78, 5) is 29.5. The maximum atomic E-state index is 14.2. The van der Waals surface area contributed by atoms with Crippen LogP contribution in [0.15, 0.2) is 65.3 Å². The third-order valence-corrected chi connectivity index (χ3v) is 6.42. The van der Waals surface area contributed by atoms with Gasteiger partial charge in [-0.2, -0.15) is 0 Å². The number of carbonyl (C=O) groups excluding carboxylic acids is 2. The Balaban J connectivity index is 1.60. The van der Waals surface area contributed by atoms with Gasteiger partial charge in [0.1, 0.15) is 17.3 Å². The molecule has 0 aliphatic carbocycles. The fourth-order valence-electron chi connectivity index (χ4n) is 4.72. The summed E-state index contributed by atoms with van der Waals surface area (Å²) in [5, 5.41) is 0. The first-order chi connectivity index (χ1) is 17.2. The molecule has 0 N–H and O–H groups in total. The molecule has 0 unspecified atom stereocenters. The largest absolute Gasteiger partial charge is 0.481 e. The Kier molecular flexibility index (Phi) is 7.77. The number of furan rings is 1. The normalized spacial score (nSPS) is 15.9. The van der Waals surface area contributed by atoms with Crippen LogP contribution in [-0.2, 0) is 22.6 Å². The third kappa shape index (κ3) is 5.78. The first-order valence-electron chi connectivity index (χ1n) is 12.3. The highest BCUT2D eigenvalue weighted by Gasteiger charge is 2.33. The molecule has 190 valence electrons. The van der Waals surface area contributed by atoms with Gasteiger partial charge >= 0.3 is 0 Å². The summed E-state index contributed by atoms with van der Waals surface area (Å²) in [5.41, 5.74) is 2.69. The van der Waals surface area contributed by atoms with Crippen LogP contribution in [0.1, 0.15) is 55.7 Å². The number of nitrogens with zero attached hydrogens (tertiary/aromatic N) is 2. The van der Waals surface area contributed by atoms with Gasteiger partial charge in [-0.25, -0.2) is 4.39 Å². The minimum absolute atomic E-state index is 0.0410. The average molecular weight is 493 g/mol. The summed E-state index contributed by atoms with van der Waals surface area (Å²) >= 11 is 0. The number of hydrogen-bond donors (Lipinski definition) is 0. The number of amides is 2. The van der Waals surface area contributed by atoms with Crippen LogP contribution in [0.2, 0.25) is 0 Å². The molecule has 0 saturated carbocycles. The van der Waals surface area contributed by atoms with Crippen LogP contribution in [-0.4, -0.2) is 41.3 Å². The number of ether oxygens (including phenoxy) is 1. The summed E-state index contributed by atoms with van der Waals surface area (Å²) in [6, 6.07) is 15.3. The standard InChI is InChI=1S/C29H33FN2O4/c1-19(2)15-27(33)32-13-12-21-10-11-24(17-26(21)28(32)22-7-5-8-23(30)16-22)36-20(3)29(34)31(4)18-25-9-6-14-35-25/h5-11,14,16-17,19-20,28H,12-13,15,18H2,1-4H3/t20-,28+/m0/s1. The molecule has 2 aromatic carbocycles. The maximum absolute atomic E-state index is 14.2. The first-order valence-corrected chi connectivity index (χ1v) is 12.3. The van der Waals surface area contributed by atoms with E-state index in [1.165, 1.54) is 12.1 Å². The van der Waals surface area contributed by atoms with E-state index in [-0.39, 0.29) is 23.5 Å². The van der Waals surface area contributed by atoms with Gasteiger partial charge in [-0.3, -0.25) is 9.59 Å². The predicted octanol–water partition coefficient (Wildman–Crippen LogP) is 5.36. The first kappa shape index (κ1) is 25.5. The van der Waals surface area contributed by atoms with Crippen LogP contribution in [0.4, 0.5) is 4.39 Å². The van der Waals surface area contributed by atoms with Gasteiger partial charge in [0.2, 0.25) is 5.91 Å². The molecule has 2 amide bonds. The van der Waals surface area contributed by atoms with Gasteiger partial charge in [-0.05, 0) is 72.4 Å². The SMILES string of the molecule is CC(C)CC(=O)N1CCc2ccc(O[C@@H](C)C(=O)N(C)Cc3ccco3)cc2[C@H]1c1cccc(F)c1. The Hall–Kier alpha value is -3.61. The molecule has 6 nitrogen and oxygen atoms in total. The van der Waals surface area contributed by atoms with E-state index in [0.29, 0.717) is 43.0 Å². The zero-order valence-electron chi connectivity index (χ0n) is 21.2. The highest BCUT2D eigenvalue weighted by Crippen LogP contribution is 2.38. The van der Waals surface area contributed by atoms with Gasteiger partial charge in [0.05, 0.1) is 18.8 Å². The van der Waals surface area contributed by atoms with E-state index in [0.717, 1.165) is 11.1 Å². The van der Waals surface area contributed by atoms with E-state index in [4.69, 9.17) is 9.15 Å². The average Bonchev–Trinajstić information content (AvgIpc) is 3.35. The Labute approximate surface area is 211 Å². The van der Waals surface area contributed by atoms with E-state index >= 15 is 0 Å². The second-order valence-corrected chi connectivity index (χ2v) is 9.79. The lowest BCUT2D eigenvalue weighted by Crippen LogP contribution is -2.41. The highest BCUT2D eigenvalue weighted by atomic mass is 19.1. The number of rotatable bonds is 8. The van der Waals surface area contributed by atoms with E-state index in [9.17, 15) is 14.0 Å². The van der Waals surface area contributed by atoms with Crippen LogP contribution in [0.3, 0.4) is 0 Å². The topological polar surface area (TPSA) is 63.0 Å². The van der Waals surface area contributed by atoms with Crippen LogP contribution >= 0.6 is 0 Å². The lowest BCUT2D eigenvalue weighted by molar-refractivity contribution is -0.137. The Morgan fingerprint density at radius 1 is 1.14 bits per heavy atom. The molecule has 1 aromatic heterocycles. The van der Waals surface area contributed by atoms with Crippen molar-refractivity contribution in [1.82, 2.24) is 9.80 Å². The minimum Gasteiger partial charge on any atom is -0.481 e. The molecule has 2 atom stereocenters. The van der Waals surface area contributed by atoms with Gasteiger partial charge in [-0.1, -0.05) is 32.0 Å². The number of benzene rings is 2. The van der Waals surface area contributed by atoms with Crippen molar-refractivity contribution in [2.75, 3.05) is 13.6 Å². The van der Waals surface area contributed by atoms with Gasteiger partial charge in [-0.15, -0.1) is 0 Å². The van der Waals surface area contributed by atoms with Crippen molar-refractivity contribution in [3.8, 4) is 5.75 Å². The molecule has 0 spiro atoms. The molecule has 1 aliphatic rings. The molecular formula is C29H33FN2O4. The van der Waals surface area contributed by atoms with Crippen molar-refractivity contribution in [2.45, 2.75) is 52.3 Å². The summed E-state index contributed by atoms with van der Waals surface area (Å²) < 4.78 is 25.6. The molecule has 0 bridgehead atoms. The van der Waals surface area contributed by atoms with Gasteiger partial charge in [0, 0.05) is 20.0 Å². The summed E-state index contributed by atoms with van der Waals surface area (Å²) in [6.45, 7) is 6.65. The zero-order valence-corrected chi connectivity index (χ0v) is 21.2. The lowest BCUT2D eigenvalue weighted by Gasteiger charge is -2.38. The van der Waals surface area contributed by atoms with E-state index in [1.54, 1.807) is 37.3 Å². The number of hydrogen-bond acceptors (Lipinski definition) is 4. The van der Waals surface area contributed by atoms with Crippen molar-refractivity contribution in [2.24, 2.45) is 5.92 Å². The fourth-order valence-corrected chi connectivity index (χ4v) is 4.72. The lowest BCUT2D eigenvalue weighted by atomic mass is 9.87. The molecule has 4 rings (SSSR count). The van der Waals surface area contributed by atoms with Crippen LogP contribution < -0.4 is 4.74 Å². The van der Waals surface area contributed by atoms with Crippen molar-refractivity contribution in [3.63, 3.8) is 0 Å².